The Labute approximate surface area is 99.1 Å². The summed E-state index contributed by atoms with van der Waals surface area (Å²) in [6.45, 7) is 0. The predicted molar refractivity (Wildman–Crippen MR) is 40.3 cm³/mol. The number of hydrogen-bond acceptors (Lipinski definition) is 0. The van der Waals surface area contributed by atoms with Crippen LogP contribution in [0.15, 0.2) is 0 Å². The zero-order chi connectivity index (χ0) is 15.9. The molecule has 0 rings (SSSR count). The van der Waals surface area contributed by atoms with E-state index in [4.69, 9.17) is 0 Å². The Hall–Kier alpha value is -0.623. The lowest BCUT2D eigenvalue weighted by Gasteiger charge is -2.29. The first-order valence-corrected chi connectivity index (χ1v) is 5.87. The lowest BCUT2D eigenvalue weighted by Crippen LogP contribution is -2.44. The van der Waals surface area contributed by atoms with Crippen LogP contribution in [0.4, 0.5) is 52.7 Å². The van der Waals surface area contributed by atoms with Crippen molar-refractivity contribution in [3.63, 3.8) is 0 Å². The third-order valence-corrected chi connectivity index (χ3v) is 4.85. The van der Waals surface area contributed by atoms with E-state index in [1.807, 2.05) is 0 Å². The van der Waals surface area contributed by atoms with E-state index in [0.717, 1.165) is 0 Å². The largest absolute Gasteiger partial charge is 0.397 e. The molecule has 0 atom stereocenters. The Morgan fingerprint density at radius 3 is 0.684 bits per heavy atom. The molecule has 0 aliphatic rings. The van der Waals surface area contributed by atoms with Crippen LogP contribution in [0.25, 0.3) is 0 Å². The van der Waals surface area contributed by atoms with Crippen molar-refractivity contribution in [1.82, 2.24) is 0 Å². The van der Waals surface area contributed by atoms with Crippen LogP contribution >= 0.6 is 0 Å². The fourth-order valence-corrected chi connectivity index (χ4v) is 2.68. The minimum atomic E-state index is -6.20. The highest BCUT2D eigenvalue weighted by atomic mass is 28.2. The lowest BCUT2D eigenvalue weighted by molar-refractivity contribution is -0.244. The van der Waals surface area contributed by atoms with Crippen LogP contribution in [0.3, 0.4) is 0 Å². The average Bonchev–Trinajstić information content (AvgIpc) is 1.91. The molecule has 0 aromatic heterocycles. The Kier molecular flexibility index (Phi) is 4.89. The van der Waals surface area contributed by atoms with Gasteiger partial charge >= 0.3 is 24.7 Å². The SMILES string of the molecule is FC(F)(F)C([SiH2]C(C(F)(F)F)C(F)(F)F)C(F)(F)F. The van der Waals surface area contributed by atoms with Gasteiger partial charge in [0.25, 0.3) is 0 Å². The molecule has 0 fully saturated rings. The highest BCUT2D eigenvalue weighted by Gasteiger charge is 2.64. The van der Waals surface area contributed by atoms with Crippen molar-refractivity contribution in [2.75, 3.05) is 0 Å². The van der Waals surface area contributed by atoms with Gasteiger partial charge in [0.15, 0.2) is 0 Å². The van der Waals surface area contributed by atoms with Crippen LogP contribution < -0.4 is 0 Å². The second-order valence-corrected chi connectivity index (χ2v) is 5.61. The standard InChI is InChI=1S/C6H4F12Si/c7-3(8,9)1(4(10,11)12)19-2(5(13,14)15)6(16,17)18/h1-2H,19H2. The molecule has 0 aliphatic carbocycles. The third-order valence-electron chi connectivity index (χ3n) is 2.05. The maximum atomic E-state index is 11.9. The van der Waals surface area contributed by atoms with Gasteiger partial charge in [-0.2, -0.15) is 52.7 Å². The van der Waals surface area contributed by atoms with Crippen LogP contribution in [0.5, 0.6) is 0 Å². The van der Waals surface area contributed by atoms with Crippen LogP contribution in [-0.2, 0) is 0 Å². The molecule has 0 saturated carbocycles. The maximum Gasteiger partial charge on any atom is 0.397 e. The molecule has 13 heteroatoms. The van der Waals surface area contributed by atoms with Crippen molar-refractivity contribution in [3.8, 4) is 0 Å². The van der Waals surface area contributed by atoms with Crippen LogP contribution in [0.2, 0.25) is 11.1 Å². The fourth-order valence-electron chi connectivity index (χ4n) is 1.14. The molecule has 0 nitrogen and oxygen atoms in total. The van der Waals surface area contributed by atoms with E-state index in [0.29, 0.717) is 0 Å². The number of rotatable bonds is 2. The molecule has 0 saturated heterocycles. The second kappa shape index (κ2) is 5.05. The zero-order valence-corrected chi connectivity index (χ0v) is 9.81. The van der Waals surface area contributed by atoms with Crippen molar-refractivity contribution in [1.29, 1.82) is 0 Å². The summed E-state index contributed by atoms with van der Waals surface area (Å²) >= 11 is 0. The molecule has 0 radical (unpaired) electrons. The van der Waals surface area contributed by atoms with E-state index >= 15 is 0 Å². The fraction of sp³-hybridized carbons (Fsp3) is 1.00. The first kappa shape index (κ1) is 18.4. The molecular weight excluding hydrogens is 328 g/mol. The Morgan fingerprint density at radius 2 is 0.579 bits per heavy atom. The molecular formula is C6H4F12Si. The Balaban J connectivity index is 5.43. The number of hydrogen-bond donors (Lipinski definition) is 0. The molecule has 0 unspecified atom stereocenters. The van der Waals surface area contributed by atoms with E-state index in [2.05, 4.69) is 0 Å². The van der Waals surface area contributed by atoms with Crippen LogP contribution in [0, 0.1) is 0 Å². The normalized spacial score (nSPS) is 15.5. The third kappa shape index (κ3) is 5.48. The minimum absolute atomic E-state index is 4.56. The molecule has 0 aromatic rings. The Morgan fingerprint density at radius 1 is 0.421 bits per heavy atom. The van der Waals surface area contributed by atoms with Gasteiger partial charge in [0.2, 0.25) is 0 Å². The highest BCUT2D eigenvalue weighted by molar-refractivity contribution is 6.41. The summed E-state index contributed by atoms with van der Waals surface area (Å²) < 4.78 is 143. The molecule has 0 amide bonds. The van der Waals surface area contributed by atoms with Crippen molar-refractivity contribution in [2.45, 2.75) is 35.8 Å². The topological polar surface area (TPSA) is 0 Å². The van der Waals surface area contributed by atoms with Crippen molar-refractivity contribution >= 4 is 9.52 Å². The molecule has 0 aromatic carbocycles. The van der Waals surface area contributed by atoms with Gasteiger partial charge in [0.05, 0.1) is 9.52 Å². The molecule has 116 valence electrons. The number of halogens is 12. The van der Waals surface area contributed by atoms with E-state index < -0.39 is 45.3 Å². The summed E-state index contributed by atoms with van der Waals surface area (Å²) in [6.07, 6.45) is -24.8. The number of alkyl halides is 12. The van der Waals surface area contributed by atoms with Crippen molar-refractivity contribution in [3.05, 3.63) is 0 Å². The van der Waals surface area contributed by atoms with E-state index in [-0.39, 0.29) is 0 Å². The summed E-state index contributed by atoms with van der Waals surface area (Å²) in [5.74, 6) is 0. The molecule has 0 aliphatic heterocycles. The highest BCUT2D eigenvalue weighted by Crippen LogP contribution is 2.51. The van der Waals surface area contributed by atoms with Crippen molar-refractivity contribution < 1.29 is 52.7 Å². The van der Waals surface area contributed by atoms with Gasteiger partial charge in [-0.25, -0.2) is 0 Å². The molecule has 0 heterocycles. The van der Waals surface area contributed by atoms with Gasteiger partial charge in [0.1, 0.15) is 11.1 Å². The van der Waals surface area contributed by atoms with Crippen LogP contribution in [0.1, 0.15) is 0 Å². The van der Waals surface area contributed by atoms with Crippen molar-refractivity contribution in [2.24, 2.45) is 0 Å². The van der Waals surface area contributed by atoms with Crippen LogP contribution in [-0.4, -0.2) is 34.2 Å². The second-order valence-electron chi connectivity index (χ2n) is 3.51. The Bertz CT molecular complexity index is 233. The van der Waals surface area contributed by atoms with Gasteiger partial charge in [-0.1, -0.05) is 0 Å². The van der Waals surface area contributed by atoms with Gasteiger partial charge in [-0.15, -0.1) is 0 Å². The molecule has 19 heavy (non-hydrogen) atoms. The lowest BCUT2D eigenvalue weighted by atomic mass is 10.4. The monoisotopic (exact) mass is 332 g/mol. The van der Waals surface area contributed by atoms with Gasteiger partial charge in [-0.3, -0.25) is 0 Å². The summed E-state index contributed by atoms with van der Waals surface area (Å²) in [5.41, 5.74) is -9.12. The molecule has 0 bridgehead atoms. The first-order chi connectivity index (χ1) is 7.97. The quantitative estimate of drug-likeness (QED) is 0.530. The summed E-state index contributed by atoms with van der Waals surface area (Å²) in [6, 6.07) is 0. The molecule has 0 N–H and O–H groups in total. The van der Waals surface area contributed by atoms with Gasteiger partial charge in [-0.05, 0) is 0 Å². The average molecular weight is 332 g/mol. The predicted octanol–water partition coefficient (Wildman–Crippen LogP) is 3.98. The summed E-state index contributed by atoms with van der Waals surface area (Å²) in [4.78, 5) is 0. The zero-order valence-electron chi connectivity index (χ0n) is 8.40. The van der Waals surface area contributed by atoms with E-state index in [9.17, 15) is 52.7 Å². The maximum absolute atomic E-state index is 11.9. The summed E-state index contributed by atoms with van der Waals surface area (Å²) in [5, 5.41) is 0. The van der Waals surface area contributed by atoms with Gasteiger partial charge in [0, 0.05) is 0 Å². The van der Waals surface area contributed by atoms with E-state index in [1.54, 1.807) is 0 Å². The smallest absolute Gasteiger partial charge is 0.171 e. The van der Waals surface area contributed by atoms with Gasteiger partial charge < -0.3 is 0 Å². The minimum Gasteiger partial charge on any atom is -0.171 e. The summed E-state index contributed by atoms with van der Waals surface area (Å²) in [7, 11) is -4.68. The van der Waals surface area contributed by atoms with E-state index in [1.165, 1.54) is 0 Å². The molecule has 0 spiro atoms. The first-order valence-electron chi connectivity index (χ1n) is 4.24.